The summed E-state index contributed by atoms with van der Waals surface area (Å²) in [5.41, 5.74) is -6.84. The van der Waals surface area contributed by atoms with E-state index < -0.39 is 88.5 Å². The number of carbonyl (C=O) groups is 5. The summed E-state index contributed by atoms with van der Waals surface area (Å²) < 4.78 is 37.8. The molecule has 0 radical (unpaired) electrons. The summed E-state index contributed by atoms with van der Waals surface area (Å²) in [6.45, 7) is 8.73. The van der Waals surface area contributed by atoms with Crippen LogP contribution in [0.3, 0.4) is 0 Å². The minimum Gasteiger partial charge on any atom is -0.459 e. The van der Waals surface area contributed by atoms with Crippen molar-refractivity contribution in [3.05, 3.63) is 108 Å². The summed E-state index contributed by atoms with van der Waals surface area (Å²) in [4.78, 5) is 67.6. The normalized spacial score (nSPS) is 32.8. The number of esters is 5. The second kappa shape index (κ2) is 13.5. The number of ether oxygens (including phenoxy) is 6. The van der Waals surface area contributed by atoms with Crippen molar-refractivity contribution in [1.82, 2.24) is 0 Å². The van der Waals surface area contributed by atoms with Gasteiger partial charge in [0, 0.05) is 20.3 Å². The van der Waals surface area contributed by atoms with Gasteiger partial charge in [-0.1, -0.05) is 54.6 Å². The molecule has 1 aliphatic heterocycles. The molecular weight excluding hydrogens is 672 g/mol. The van der Waals surface area contributed by atoms with Crippen molar-refractivity contribution < 1.29 is 57.5 Å². The van der Waals surface area contributed by atoms with Crippen LogP contribution in [0.1, 0.15) is 79.0 Å². The molecule has 12 heteroatoms. The third-order valence-electron chi connectivity index (χ3n) is 10.7. The highest BCUT2D eigenvalue weighted by Gasteiger charge is 2.87. The van der Waals surface area contributed by atoms with Gasteiger partial charge in [-0.25, -0.2) is 14.4 Å². The molecule has 9 atom stereocenters. The number of rotatable bonds is 8. The Hall–Kier alpha value is -5.07. The summed E-state index contributed by atoms with van der Waals surface area (Å²) in [6, 6.07) is 24.3. The van der Waals surface area contributed by atoms with Crippen LogP contribution in [0.4, 0.5) is 0 Å². The Bertz CT molecular complexity index is 1840. The van der Waals surface area contributed by atoms with E-state index in [9.17, 15) is 29.1 Å². The molecule has 274 valence electrons. The molecular formula is C40H42O12. The van der Waals surface area contributed by atoms with Crippen molar-refractivity contribution in [2.75, 3.05) is 0 Å². The maximum absolute atomic E-state index is 14.0. The first-order valence-electron chi connectivity index (χ1n) is 17.1. The number of hydrogen-bond donors (Lipinski definition) is 1. The van der Waals surface area contributed by atoms with Gasteiger partial charge in [0.05, 0.1) is 39.2 Å². The van der Waals surface area contributed by atoms with Gasteiger partial charge in [0.1, 0.15) is 23.9 Å². The van der Waals surface area contributed by atoms with Crippen LogP contribution < -0.4 is 0 Å². The van der Waals surface area contributed by atoms with E-state index in [1.807, 2.05) is 0 Å². The average molecular weight is 715 g/mol. The number of carbonyl (C=O) groups excluding carboxylic acids is 5. The van der Waals surface area contributed by atoms with E-state index in [2.05, 4.69) is 0 Å². The maximum Gasteiger partial charge on any atom is 0.338 e. The second-order valence-corrected chi connectivity index (χ2v) is 14.5. The van der Waals surface area contributed by atoms with Gasteiger partial charge >= 0.3 is 29.8 Å². The molecule has 3 aromatic carbocycles. The van der Waals surface area contributed by atoms with Crippen LogP contribution in [0.5, 0.6) is 0 Å². The molecule has 2 bridgehead atoms. The summed E-state index contributed by atoms with van der Waals surface area (Å²) >= 11 is 0. The lowest BCUT2D eigenvalue weighted by molar-refractivity contribution is -0.349. The van der Waals surface area contributed by atoms with Crippen molar-refractivity contribution in [3.63, 3.8) is 0 Å². The Kier molecular flexibility index (Phi) is 9.52. The summed E-state index contributed by atoms with van der Waals surface area (Å²) in [5, 5.41) is 12.8. The molecule has 2 aliphatic carbocycles. The number of fused-ring (bicyclic) bond motifs is 1. The van der Waals surface area contributed by atoms with Crippen LogP contribution in [-0.4, -0.2) is 82.3 Å². The molecule has 1 spiro atoms. The van der Waals surface area contributed by atoms with E-state index >= 15 is 0 Å². The molecule has 1 saturated heterocycles. The van der Waals surface area contributed by atoms with Gasteiger partial charge in [-0.3, -0.25) is 9.59 Å². The van der Waals surface area contributed by atoms with Gasteiger partial charge < -0.3 is 33.5 Å². The summed E-state index contributed by atoms with van der Waals surface area (Å²) in [5.74, 6) is -4.93. The van der Waals surface area contributed by atoms with Gasteiger partial charge in [-0.2, -0.15) is 0 Å². The smallest absolute Gasteiger partial charge is 0.338 e. The summed E-state index contributed by atoms with van der Waals surface area (Å²) in [6.07, 6.45) is -7.61. The van der Waals surface area contributed by atoms with Crippen LogP contribution in [-0.2, 0) is 38.0 Å². The fraction of sp³-hybridized carbons (Fsp3) is 0.425. The first-order chi connectivity index (χ1) is 24.5. The highest BCUT2D eigenvalue weighted by molar-refractivity contribution is 5.91. The Morgan fingerprint density at radius 3 is 1.46 bits per heavy atom. The topological polar surface area (TPSA) is 161 Å². The van der Waals surface area contributed by atoms with Crippen LogP contribution in [0.15, 0.2) is 91.0 Å². The van der Waals surface area contributed by atoms with E-state index in [-0.39, 0.29) is 23.1 Å². The van der Waals surface area contributed by atoms with Crippen LogP contribution in [0.2, 0.25) is 0 Å². The summed E-state index contributed by atoms with van der Waals surface area (Å²) in [7, 11) is 0. The monoisotopic (exact) mass is 714 g/mol. The molecule has 12 nitrogen and oxygen atoms in total. The Labute approximate surface area is 301 Å². The minimum absolute atomic E-state index is 0.151. The van der Waals surface area contributed by atoms with E-state index in [1.54, 1.807) is 87.5 Å². The Balaban J connectivity index is 1.62. The zero-order valence-electron chi connectivity index (χ0n) is 29.8. The molecule has 2 saturated carbocycles. The molecule has 1 heterocycles. The van der Waals surface area contributed by atoms with E-state index in [0.717, 1.165) is 0 Å². The van der Waals surface area contributed by atoms with Gasteiger partial charge in [0.2, 0.25) is 0 Å². The molecule has 3 aliphatic rings. The van der Waals surface area contributed by atoms with Gasteiger partial charge in [-0.15, -0.1) is 0 Å². The molecule has 0 unspecified atom stereocenters. The molecule has 3 fully saturated rings. The predicted molar refractivity (Wildman–Crippen MR) is 183 cm³/mol. The maximum atomic E-state index is 14.0. The van der Waals surface area contributed by atoms with Gasteiger partial charge in [0.25, 0.3) is 0 Å². The molecule has 52 heavy (non-hydrogen) atoms. The van der Waals surface area contributed by atoms with Crippen molar-refractivity contribution in [3.8, 4) is 0 Å². The highest BCUT2D eigenvalue weighted by atomic mass is 16.6. The predicted octanol–water partition coefficient (Wildman–Crippen LogP) is 4.87. The number of aliphatic hydroxyl groups is 1. The number of hydrogen-bond acceptors (Lipinski definition) is 12. The highest BCUT2D eigenvalue weighted by Crippen LogP contribution is 2.69. The van der Waals surface area contributed by atoms with E-state index in [0.29, 0.717) is 0 Å². The zero-order valence-corrected chi connectivity index (χ0v) is 29.8. The minimum atomic E-state index is -2.04. The van der Waals surface area contributed by atoms with Crippen molar-refractivity contribution >= 4 is 29.8 Å². The van der Waals surface area contributed by atoms with Gasteiger partial charge in [-0.05, 0) is 64.1 Å². The van der Waals surface area contributed by atoms with Crippen LogP contribution >= 0.6 is 0 Å². The third kappa shape index (κ3) is 6.03. The zero-order chi connectivity index (χ0) is 37.6. The van der Waals surface area contributed by atoms with E-state index in [4.69, 9.17) is 28.4 Å². The largest absolute Gasteiger partial charge is 0.459 e. The fourth-order valence-corrected chi connectivity index (χ4v) is 8.74. The first kappa shape index (κ1) is 36.7. The van der Waals surface area contributed by atoms with Crippen LogP contribution in [0, 0.1) is 11.3 Å². The standard InChI is InChI=1S/C40H42O12/c1-23(41)47-30-29-32(48-24(2)42)40(52-37(29,3)4)38(5,46)22-28(49-34(43)25-16-10-7-11-17-25)31(50-35(44)26-18-12-8-13-19-26)39(40,6)33(30)51-36(45)27-20-14-9-15-21-27/h7-21,28-33,46H,22H2,1-6H3/t28-,29-,30-,31-,32+,33+,38-,39+,40+/m0/s1. The lowest BCUT2D eigenvalue weighted by atomic mass is 9.46. The Morgan fingerprint density at radius 2 is 1.02 bits per heavy atom. The Morgan fingerprint density at radius 1 is 0.596 bits per heavy atom. The average Bonchev–Trinajstić information content (AvgIpc) is 3.31. The molecule has 0 amide bonds. The molecule has 6 rings (SSSR count). The third-order valence-corrected chi connectivity index (χ3v) is 10.7. The molecule has 0 aromatic heterocycles. The second-order valence-electron chi connectivity index (χ2n) is 14.5. The fourth-order valence-electron chi connectivity index (χ4n) is 8.74. The number of benzene rings is 3. The van der Waals surface area contributed by atoms with Gasteiger partial charge in [0.15, 0.2) is 12.2 Å². The van der Waals surface area contributed by atoms with Crippen molar-refractivity contribution in [2.45, 2.75) is 95.3 Å². The van der Waals surface area contributed by atoms with Crippen molar-refractivity contribution in [1.29, 1.82) is 0 Å². The quantitative estimate of drug-likeness (QED) is 0.250. The SMILES string of the molecule is CC(=O)O[C@H]1[C@H]2[C@@H](OC(C)=O)[C@]3(OC2(C)C)[C@@](C)([C@@H]1OC(=O)c1ccccc1)[C@@H](OC(=O)c1ccccc1)[C@@H](OC(=O)c1ccccc1)C[C@]3(C)O. The molecule has 3 aromatic rings. The first-order valence-corrected chi connectivity index (χ1v) is 17.1. The van der Waals surface area contributed by atoms with E-state index in [1.165, 1.54) is 45.0 Å². The lowest BCUT2D eigenvalue weighted by Crippen LogP contribution is -2.83. The van der Waals surface area contributed by atoms with Crippen LogP contribution in [0.25, 0.3) is 0 Å². The lowest BCUT2D eigenvalue weighted by Gasteiger charge is -2.65. The van der Waals surface area contributed by atoms with Crippen molar-refractivity contribution in [2.24, 2.45) is 11.3 Å². The molecule has 1 N–H and O–H groups in total.